The van der Waals surface area contributed by atoms with Gasteiger partial charge >= 0.3 is 6.18 Å². The first kappa shape index (κ1) is 26.6. The average molecular weight is 572 g/mol. The summed E-state index contributed by atoms with van der Waals surface area (Å²) in [5, 5.41) is 10.8. The lowest BCUT2D eigenvalue weighted by Crippen LogP contribution is -2.13. The van der Waals surface area contributed by atoms with Gasteiger partial charge in [0, 0.05) is 17.8 Å². The molecule has 200 valence electrons. The van der Waals surface area contributed by atoms with Crippen molar-refractivity contribution in [3.05, 3.63) is 101 Å². The van der Waals surface area contributed by atoms with Crippen LogP contribution in [0.25, 0.3) is 32.9 Å². The zero-order chi connectivity index (χ0) is 27.7. The Labute approximate surface area is 230 Å². The lowest BCUT2D eigenvalue weighted by atomic mass is 10.0. The monoisotopic (exact) mass is 571 g/mol. The summed E-state index contributed by atoms with van der Waals surface area (Å²) in [5.41, 5.74) is 2.54. The van der Waals surface area contributed by atoms with Crippen LogP contribution in [0.15, 0.2) is 79.4 Å². The van der Waals surface area contributed by atoms with Crippen molar-refractivity contribution in [2.24, 2.45) is 0 Å². The number of hydrogen-bond acceptors (Lipinski definition) is 6. The second-order valence-electron chi connectivity index (χ2n) is 8.51. The van der Waals surface area contributed by atoms with E-state index in [1.165, 1.54) is 36.6 Å². The fraction of sp³-hybridized carbons (Fsp3) is 0.143. The molecular formula is C28H21ClF3N3O3S. The van der Waals surface area contributed by atoms with Crippen LogP contribution in [0.1, 0.15) is 29.0 Å². The standard InChI is InChI=1S/C28H21ClF3N3O3S/c1-16(19-5-3-4-6-20(19)28(30,31)32)38-23-13-26(39-27(23)24(14-36)37-2)35-15-34-21-11-17(7-8-22(21)35)18-9-10-33-25(29)12-18/h3-16,36H,1-2H3/b24-14-. The summed E-state index contributed by atoms with van der Waals surface area (Å²) >= 11 is 7.28. The fourth-order valence-electron chi connectivity index (χ4n) is 4.26. The lowest BCUT2D eigenvalue weighted by Gasteiger charge is -2.20. The molecule has 0 saturated heterocycles. The van der Waals surface area contributed by atoms with Crippen LogP contribution in [-0.4, -0.2) is 26.8 Å². The second kappa shape index (κ2) is 10.6. The van der Waals surface area contributed by atoms with Gasteiger partial charge < -0.3 is 14.6 Å². The Morgan fingerprint density at radius 1 is 1.08 bits per heavy atom. The highest BCUT2D eigenvalue weighted by atomic mass is 35.5. The maximum absolute atomic E-state index is 13.6. The van der Waals surface area contributed by atoms with E-state index in [9.17, 15) is 18.3 Å². The van der Waals surface area contributed by atoms with Crippen LogP contribution in [0.2, 0.25) is 5.15 Å². The number of hydrogen-bond donors (Lipinski definition) is 1. The number of aliphatic hydroxyl groups is 1. The van der Waals surface area contributed by atoms with Gasteiger partial charge in [-0.1, -0.05) is 35.9 Å². The molecule has 6 nitrogen and oxygen atoms in total. The number of pyridine rings is 1. The molecule has 0 spiro atoms. The van der Waals surface area contributed by atoms with E-state index in [-0.39, 0.29) is 17.1 Å². The molecule has 0 fully saturated rings. The number of ether oxygens (including phenoxy) is 2. The highest BCUT2D eigenvalue weighted by Crippen LogP contribution is 2.42. The summed E-state index contributed by atoms with van der Waals surface area (Å²) in [5.74, 6) is 0.366. The molecular weight excluding hydrogens is 551 g/mol. The van der Waals surface area contributed by atoms with Crippen molar-refractivity contribution in [2.45, 2.75) is 19.2 Å². The van der Waals surface area contributed by atoms with Crippen LogP contribution in [0.3, 0.4) is 0 Å². The van der Waals surface area contributed by atoms with Gasteiger partial charge in [0.25, 0.3) is 0 Å². The summed E-state index contributed by atoms with van der Waals surface area (Å²) < 4.78 is 54.1. The average Bonchev–Trinajstić information content (AvgIpc) is 3.53. The van der Waals surface area contributed by atoms with E-state index in [2.05, 4.69) is 9.97 Å². The maximum atomic E-state index is 13.6. The number of halogens is 4. The molecule has 2 aromatic carbocycles. The van der Waals surface area contributed by atoms with Crippen LogP contribution in [-0.2, 0) is 10.9 Å². The molecule has 0 radical (unpaired) electrons. The first-order valence-corrected chi connectivity index (χ1v) is 12.8. The molecule has 0 bridgehead atoms. The van der Waals surface area contributed by atoms with Crippen LogP contribution in [0.4, 0.5) is 13.2 Å². The molecule has 1 unspecified atom stereocenters. The first-order valence-electron chi connectivity index (χ1n) is 11.6. The van der Waals surface area contributed by atoms with E-state index >= 15 is 0 Å². The molecule has 1 atom stereocenters. The summed E-state index contributed by atoms with van der Waals surface area (Å²) in [4.78, 5) is 8.96. The zero-order valence-corrected chi connectivity index (χ0v) is 22.2. The van der Waals surface area contributed by atoms with Crippen LogP contribution in [0, 0.1) is 0 Å². The van der Waals surface area contributed by atoms with Gasteiger partial charge in [0.15, 0.2) is 5.76 Å². The van der Waals surface area contributed by atoms with Crippen LogP contribution < -0.4 is 4.74 Å². The van der Waals surface area contributed by atoms with Gasteiger partial charge in [0.05, 0.1) is 23.7 Å². The Bertz CT molecular complexity index is 1680. The van der Waals surface area contributed by atoms with E-state index in [4.69, 9.17) is 21.1 Å². The van der Waals surface area contributed by atoms with Crippen molar-refractivity contribution in [1.82, 2.24) is 14.5 Å². The Kier molecular flexibility index (Phi) is 7.24. The summed E-state index contributed by atoms with van der Waals surface area (Å²) in [7, 11) is 1.38. The van der Waals surface area contributed by atoms with Gasteiger partial charge in [0.1, 0.15) is 39.5 Å². The third-order valence-corrected chi connectivity index (χ3v) is 7.44. The molecule has 0 aliphatic rings. The highest BCUT2D eigenvalue weighted by molar-refractivity contribution is 7.16. The Morgan fingerprint density at radius 3 is 2.56 bits per heavy atom. The van der Waals surface area contributed by atoms with E-state index in [1.807, 2.05) is 28.8 Å². The minimum absolute atomic E-state index is 0.00697. The molecule has 3 heterocycles. The van der Waals surface area contributed by atoms with E-state index < -0.39 is 17.8 Å². The normalized spacial score (nSPS) is 13.0. The topological polar surface area (TPSA) is 69.4 Å². The number of fused-ring (bicyclic) bond motifs is 1. The van der Waals surface area contributed by atoms with Gasteiger partial charge in [-0.3, -0.25) is 4.57 Å². The zero-order valence-electron chi connectivity index (χ0n) is 20.6. The number of thiophene rings is 1. The molecule has 0 amide bonds. The Balaban J connectivity index is 1.54. The largest absolute Gasteiger partial charge is 0.512 e. The fourth-order valence-corrected chi connectivity index (χ4v) is 5.49. The minimum Gasteiger partial charge on any atom is -0.512 e. The van der Waals surface area contributed by atoms with E-state index in [0.29, 0.717) is 15.0 Å². The van der Waals surface area contributed by atoms with E-state index in [0.717, 1.165) is 34.5 Å². The number of aromatic nitrogens is 3. The number of benzene rings is 2. The SMILES string of the molecule is CO/C(=C\O)c1sc(-n2cnc3cc(-c4ccnc(Cl)c4)ccc32)cc1OC(C)c1ccccc1C(F)(F)F. The quantitative estimate of drug-likeness (QED) is 0.157. The van der Waals surface area contributed by atoms with Crippen LogP contribution in [0.5, 0.6) is 5.75 Å². The number of nitrogens with zero attached hydrogens (tertiary/aromatic N) is 3. The van der Waals surface area contributed by atoms with Gasteiger partial charge in [-0.05, 0) is 48.4 Å². The molecule has 5 rings (SSSR count). The van der Waals surface area contributed by atoms with Crippen molar-refractivity contribution in [3.8, 4) is 21.9 Å². The Morgan fingerprint density at radius 2 is 1.85 bits per heavy atom. The third kappa shape index (κ3) is 5.30. The maximum Gasteiger partial charge on any atom is 0.416 e. The van der Waals surface area contributed by atoms with Crippen molar-refractivity contribution < 1.29 is 27.8 Å². The molecule has 0 aliphatic carbocycles. The van der Waals surface area contributed by atoms with Crippen molar-refractivity contribution in [3.63, 3.8) is 0 Å². The third-order valence-electron chi connectivity index (χ3n) is 6.10. The predicted octanol–water partition coefficient (Wildman–Crippen LogP) is 8.46. The van der Waals surface area contributed by atoms with Crippen LogP contribution >= 0.6 is 22.9 Å². The lowest BCUT2D eigenvalue weighted by molar-refractivity contribution is -0.138. The molecule has 1 N–H and O–H groups in total. The minimum atomic E-state index is -4.53. The van der Waals surface area contributed by atoms with E-state index in [1.54, 1.807) is 31.6 Å². The molecule has 0 saturated carbocycles. The highest BCUT2D eigenvalue weighted by Gasteiger charge is 2.35. The van der Waals surface area contributed by atoms with Crippen molar-refractivity contribution in [1.29, 1.82) is 0 Å². The summed E-state index contributed by atoms with van der Waals surface area (Å²) in [6.07, 6.45) is -1.42. The first-order chi connectivity index (χ1) is 18.7. The van der Waals surface area contributed by atoms with Gasteiger partial charge in [-0.25, -0.2) is 9.97 Å². The summed E-state index contributed by atoms with van der Waals surface area (Å²) in [6.45, 7) is 1.54. The smallest absolute Gasteiger partial charge is 0.416 e. The molecule has 0 aliphatic heterocycles. The predicted molar refractivity (Wildman–Crippen MR) is 145 cm³/mol. The number of alkyl halides is 3. The molecule has 11 heteroatoms. The number of rotatable bonds is 7. The molecule has 5 aromatic rings. The molecule has 3 aromatic heterocycles. The number of imidazole rings is 1. The second-order valence-corrected chi connectivity index (χ2v) is 9.92. The van der Waals surface area contributed by atoms with Gasteiger partial charge in [0.2, 0.25) is 0 Å². The molecule has 39 heavy (non-hydrogen) atoms. The van der Waals surface area contributed by atoms with Crippen molar-refractivity contribution >= 4 is 39.7 Å². The number of methoxy groups -OCH3 is 1. The summed E-state index contributed by atoms with van der Waals surface area (Å²) in [6, 6.07) is 16.3. The van der Waals surface area contributed by atoms with Gasteiger partial charge in [-0.2, -0.15) is 13.2 Å². The number of aliphatic hydroxyl groups excluding tert-OH is 1. The Hall–Kier alpha value is -4.02. The van der Waals surface area contributed by atoms with Gasteiger partial charge in [-0.15, -0.1) is 11.3 Å². The van der Waals surface area contributed by atoms with Crippen molar-refractivity contribution in [2.75, 3.05) is 7.11 Å².